The van der Waals surface area contributed by atoms with Crippen molar-refractivity contribution in [1.29, 1.82) is 0 Å². The number of carboxylic acids is 1. The SMILES string of the molecule is CCC[C@@H](N)C(=O)NCc1cc(C(=O)O)ccn1. The number of carbonyl (C=O) groups excluding carboxylic acids is 1. The number of aromatic carboxylic acids is 1. The molecule has 0 aliphatic rings. The van der Waals surface area contributed by atoms with Gasteiger partial charge in [-0.2, -0.15) is 0 Å². The molecule has 0 spiro atoms. The summed E-state index contributed by atoms with van der Waals surface area (Å²) in [4.78, 5) is 26.3. The summed E-state index contributed by atoms with van der Waals surface area (Å²) in [7, 11) is 0. The molecule has 1 aromatic rings. The van der Waals surface area contributed by atoms with Crippen molar-refractivity contribution < 1.29 is 14.7 Å². The Morgan fingerprint density at radius 1 is 1.56 bits per heavy atom. The van der Waals surface area contributed by atoms with Crippen LogP contribution >= 0.6 is 0 Å². The largest absolute Gasteiger partial charge is 0.478 e. The lowest BCUT2D eigenvalue weighted by Gasteiger charge is -2.10. The molecule has 1 atom stereocenters. The van der Waals surface area contributed by atoms with E-state index < -0.39 is 12.0 Å². The first-order valence-electron chi connectivity index (χ1n) is 5.76. The Morgan fingerprint density at radius 2 is 2.28 bits per heavy atom. The second-order valence-corrected chi connectivity index (χ2v) is 3.95. The number of hydrogen-bond donors (Lipinski definition) is 3. The predicted molar refractivity (Wildman–Crippen MR) is 65.9 cm³/mol. The summed E-state index contributed by atoms with van der Waals surface area (Å²) in [6.45, 7) is 2.13. The summed E-state index contributed by atoms with van der Waals surface area (Å²) in [5.41, 5.74) is 6.28. The van der Waals surface area contributed by atoms with E-state index in [-0.39, 0.29) is 18.0 Å². The molecule has 4 N–H and O–H groups in total. The molecule has 0 radical (unpaired) electrons. The Bertz CT molecular complexity index is 434. The van der Waals surface area contributed by atoms with Gasteiger partial charge in [0.05, 0.1) is 23.8 Å². The van der Waals surface area contributed by atoms with E-state index >= 15 is 0 Å². The van der Waals surface area contributed by atoms with E-state index in [9.17, 15) is 9.59 Å². The molecule has 98 valence electrons. The average molecular weight is 251 g/mol. The molecule has 0 aliphatic carbocycles. The van der Waals surface area contributed by atoms with Gasteiger partial charge in [0.2, 0.25) is 5.91 Å². The number of nitrogens with two attached hydrogens (primary N) is 1. The fourth-order valence-electron chi connectivity index (χ4n) is 1.46. The number of carboxylic acid groups (broad SMARTS) is 1. The van der Waals surface area contributed by atoms with E-state index in [1.807, 2.05) is 6.92 Å². The maximum atomic E-state index is 11.5. The number of pyridine rings is 1. The Balaban J connectivity index is 2.55. The Kier molecular flexibility index (Phi) is 5.26. The van der Waals surface area contributed by atoms with Crippen molar-refractivity contribution in [2.75, 3.05) is 0 Å². The van der Waals surface area contributed by atoms with E-state index in [0.717, 1.165) is 6.42 Å². The third kappa shape index (κ3) is 4.14. The summed E-state index contributed by atoms with van der Waals surface area (Å²) in [5, 5.41) is 11.4. The predicted octanol–water partition coefficient (Wildman–Crippen LogP) is 0.523. The number of rotatable bonds is 6. The minimum absolute atomic E-state index is 0.145. The highest BCUT2D eigenvalue weighted by Crippen LogP contribution is 2.02. The Labute approximate surface area is 105 Å². The van der Waals surface area contributed by atoms with Crippen LogP contribution in [0.2, 0.25) is 0 Å². The zero-order valence-electron chi connectivity index (χ0n) is 10.2. The standard InChI is InChI=1S/C12H17N3O3/c1-2-3-10(13)11(16)15-7-9-6-8(12(17)18)4-5-14-9/h4-6,10H,2-3,7,13H2,1H3,(H,15,16)(H,17,18)/t10-/m1/s1. The lowest BCUT2D eigenvalue weighted by atomic mass is 10.1. The van der Waals surface area contributed by atoms with Crippen LogP contribution in [0, 0.1) is 0 Å². The molecular formula is C12H17N3O3. The van der Waals surface area contributed by atoms with Crippen LogP contribution < -0.4 is 11.1 Å². The number of amides is 1. The van der Waals surface area contributed by atoms with Crippen LogP contribution in [0.5, 0.6) is 0 Å². The minimum Gasteiger partial charge on any atom is -0.478 e. The monoisotopic (exact) mass is 251 g/mol. The molecule has 6 heteroatoms. The van der Waals surface area contributed by atoms with E-state index in [2.05, 4.69) is 10.3 Å². The lowest BCUT2D eigenvalue weighted by Crippen LogP contribution is -2.40. The van der Waals surface area contributed by atoms with Gasteiger partial charge in [0.15, 0.2) is 0 Å². The van der Waals surface area contributed by atoms with Gasteiger partial charge in [-0.25, -0.2) is 4.79 Å². The molecule has 18 heavy (non-hydrogen) atoms. The van der Waals surface area contributed by atoms with Crippen molar-refractivity contribution in [3.8, 4) is 0 Å². The van der Waals surface area contributed by atoms with Gasteiger partial charge >= 0.3 is 5.97 Å². The fourth-order valence-corrected chi connectivity index (χ4v) is 1.46. The molecule has 0 aliphatic heterocycles. The van der Waals surface area contributed by atoms with Gasteiger partial charge in [-0.1, -0.05) is 13.3 Å². The summed E-state index contributed by atoms with van der Waals surface area (Å²) in [5.74, 6) is -1.27. The fraction of sp³-hybridized carbons (Fsp3) is 0.417. The topological polar surface area (TPSA) is 105 Å². The third-order valence-electron chi connectivity index (χ3n) is 2.44. The first-order valence-corrected chi connectivity index (χ1v) is 5.76. The molecule has 1 rings (SSSR count). The van der Waals surface area contributed by atoms with Crippen molar-refractivity contribution in [3.05, 3.63) is 29.6 Å². The zero-order valence-corrected chi connectivity index (χ0v) is 10.2. The van der Waals surface area contributed by atoms with Crippen LogP contribution in [0.15, 0.2) is 18.3 Å². The van der Waals surface area contributed by atoms with Crippen molar-refractivity contribution in [2.24, 2.45) is 5.73 Å². The van der Waals surface area contributed by atoms with Gasteiger partial charge in [-0.15, -0.1) is 0 Å². The highest BCUT2D eigenvalue weighted by atomic mass is 16.4. The van der Waals surface area contributed by atoms with Crippen LogP contribution in [0.25, 0.3) is 0 Å². The maximum Gasteiger partial charge on any atom is 0.335 e. The molecule has 0 unspecified atom stereocenters. The van der Waals surface area contributed by atoms with Crippen LogP contribution in [0.3, 0.4) is 0 Å². The van der Waals surface area contributed by atoms with Crippen molar-refractivity contribution >= 4 is 11.9 Å². The quantitative estimate of drug-likeness (QED) is 0.683. The Hall–Kier alpha value is -1.95. The maximum absolute atomic E-state index is 11.5. The van der Waals surface area contributed by atoms with E-state index in [1.165, 1.54) is 18.3 Å². The van der Waals surface area contributed by atoms with E-state index in [1.54, 1.807) is 0 Å². The zero-order chi connectivity index (χ0) is 13.5. The van der Waals surface area contributed by atoms with Crippen molar-refractivity contribution in [1.82, 2.24) is 10.3 Å². The van der Waals surface area contributed by atoms with Crippen molar-refractivity contribution in [2.45, 2.75) is 32.4 Å². The van der Waals surface area contributed by atoms with E-state index in [4.69, 9.17) is 10.8 Å². The van der Waals surface area contributed by atoms with Gasteiger partial charge in [-0.05, 0) is 18.6 Å². The molecule has 0 saturated carbocycles. The highest BCUT2D eigenvalue weighted by Gasteiger charge is 2.12. The number of nitrogens with one attached hydrogen (secondary N) is 1. The summed E-state index contributed by atoms with van der Waals surface area (Å²) in [6, 6.07) is 2.29. The molecule has 6 nitrogen and oxygen atoms in total. The third-order valence-corrected chi connectivity index (χ3v) is 2.44. The number of carbonyl (C=O) groups is 2. The summed E-state index contributed by atoms with van der Waals surface area (Å²) < 4.78 is 0. The molecule has 1 heterocycles. The van der Waals surface area contributed by atoms with E-state index in [0.29, 0.717) is 12.1 Å². The van der Waals surface area contributed by atoms with Gasteiger partial charge in [0, 0.05) is 6.20 Å². The first kappa shape index (κ1) is 14.1. The first-order chi connectivity index (χ1) is 8.54. The molecule has 0 fully saturated rings. The molecule has 0 aromatic carbocycles. The smallest absolute Gasteiger partial charge is 0.335 e. The number of hydrogen-bond acceptors (Lipinski definition) is 4. The van der Waals surface area contributed by atoms with Crippen molar-refractivity contribution in [3.63, 3.8) is 0 Å². The van der Waals surface area contributed by atoms with Crippen LogP contribution in [-0.4, -0.2) is 28.0 Å². The van der Waals surface area contributed by atoms with Crippen LogP contribution in [0.1, 0.15) is 35.8 Å². The van der Waals surface area contributed by atoms with Gasteiger partial charge in [0.1, 0.15) is 0 Å². The second-order valence-electron chi connectivity index (χ2n) is 3.95. The van der Waals surface area contributed by atoms with Gasteiger partial charge in [-0.3, -0.25) is 9.78 Å². The Morgan fingerprint density at radius 3 is 2.89 bits per heavy atom. The molecule has 0 saturated heterocycles. The molecule has 1 amide bonds. The highest BCUT2D eigenvalue weighted by molar-refractivity contribution is 5.87. The van der Waals surface area contributed by atoms with Crippen LogP contribution in [0.4, 0.5) is 0 Å². The molecule has 0 bridgehead atoms. The number of aromatic nitrogens is 1. The molecular weight excluding hydrogens is 234 g/mol. The van der Waals surface area contributed by atoms with Gasteiger partial charge < -0.3 is 16.2 Å². The minimum atomic E-state index is -1.02. The lowest BCUT2D eigenvalue weighted by molar-refractivity contribution is -0.122. The summed E-state index contributed by atoms with van der Waals surface area (Å²) in [6.07, 6.45) is 2.85. The normalized spacial score (nSPS) is 11.9. The summed E-state index contributed by atoms with van der Waals surface area (Å²) >= 11 is 0. The number of nitrogens with zero attached hydrogens (tertiary/aromatic N) is 1. The average Bonchev–Trinajstić information content (AvgIpc) is 2.36. The molecule has 1 aromatic heterocycles. The van der Waals surface area contributed by atoms with Crippen LogP contribution in [-0.2, 0) is 11.3 Å². The second kappa shape index (κ2) is 6.70. The van der Waals surface area contributed by atoms with Gasteiger partial charge in [0.25, 0.3) is 0 Å².